The van der Waals surface area contributed by atoms with Crippen LogP contribution in [-0.4, -0.2) is 38.6 Å². The van der Waals surface area contributed by atoms with Gasteiger partial charge in [0, 0.05) is 12.3 Å². The van der Waals surface area contributed by atoms with Crippen LogP contribution in [0.25, 0.3) is 0 Å². The van der Waals surface area contributed by atoms with Gasteiger partial charge in [0.2, 0.25) is 0 Å². The minimum absolute atomic E-state index is 0.00556. The zero-order valence-corrected chi connectivity index (χ0v) is 10.0. The maximum absolute atomic E-state index is 11.3. The molecule has 16 heavy (non-hydrogen) atoms. The van der Waals surface area contributed by atoms with E-state index in [1.54, 1.807) is 0 Å². The summed E-state index contributed by atoms with van der Waals surface area (Å²) in [5.41, 5.74) is 5.57. The van der Waals surface area contributed by atoms with E-state index in [4.69, 9.17) is 15.2 Å². The molecule has 5 nitrogen and oxygen atoms in total. The standard InChI is InChI=1S/C11H21NO4/c1-3-9(8-10(13)14-2)11(4-5-12)15-6-7-16-11/h9H,3-8,12H2,1-2H3. The summed E-state index contributed by atoms with van der Waals surface area (Å²) < 4.78 is 16.0. The van der Waals surface area contributed by atoms with E-state index in [1.165, 1.54) is 7.11 Å². The molecule has 0 bridgehead atoms. The Labute approximate surface area is 96.2 Å². The van der Waals surface area contributed by atoms with Crippen molar-refractivity contribution in [3.05, 3.63) is 0 Å². The number of nitrogens with two attached hydrogens (primary N) is 1. The lowest BCUT2D eigenvalue weighted by Crippen LogP contribution is -2.42. The first-order chi connectivity index (χ1) is 7.68. The van der Waals surface area contributed by atoms with Crippen LogP contribution in [0.2, 0.25) is 0 Å². The quantitative estimate of drug-likeness (QED) is 0.680. The molecule has 0 aromatic rings. The predicted molar refractivity (Wildman–Crippen MR) is 58.7 cm³/mol. The van der Waals surface area contributed by atoms with Gasteiger partial charge in [-0.15, -0.1) is 0 Å². The van der Waals surface area contributed by atoms with Gasteiger partial charge in [-0.05, 0) is 13.0 Å². The Bertz CT molecular complexity index is 226. The van der Waals surface area contributed by atoms with E-state index in [1.807, 2.05) is 6.92 Å². The van der Waals surface area contributed by atoms with Crippen LogP contribution >= 0.6 is 0 Å². The van der Waals surface area contributed by atoms with E-state index in [0.717, 1.165) is 6.42 Å². The minimum Gasteiger partial charge on any atom is -0.469 e. The van der Waals surface area contributed by atoms with Crippen LogP contribution in [0.15, 0.2) is 0 Å². The Balaban J connectivity index is 2.69. The van der Waals surface area contributed by atoms with E-state index in [-0.39, 0.29) is 11.9 Å². The van der Waals surface area contributed by atoms with Gasteiger partial charge in [0.15, 0.2) is 5.79 Å². The highest BCUT2D eigenvalue weighted by molar-refractivity contribution is 5.69. The Morgan fingerprint density at radius 1 is 1.50 bits per heavy atom. The lowest BCUT2D eigenvalue weighted by molar-refractivity contribution is -0.204. The summed E-state index contributed by atoms with van der Waals surface area (Å²) in [5, 5.41) is 0. The number of rotatable bonds is 6. The lowest BCUT2D eigenvalue weighted by atomic mass is 9.89. The first-order valence-corrected chi connectivity index (χ1v) is 5.73. The largest absolute Gasteiger partial charge is 0.469 e. The topological polar surface area (TPSA) is 70.8 Å². The van der Waals surface area contributed by atoms with Crippen molar-refractivity contribution in [2.45, 2.75) is 32.0 Å². The second-order valence-electron chi connectivity index (χ2n) is 3.93. The van der Waals surface area contributed by atoms with Gasteiger partial charge >= 0.3 is 5.97 Å². The van der Waals surface area contributed by atoms with Crippen molar-refractivity contribution in [3.8, 4) is 0 Å². The maximum atomic E-state index is 11.3. The molecule has 0 radical (unpaired) electrons. The van der Waals surface area contributed by atoms with Crippen LogP contribution < -0.4 is 5.73 Å². The summed E-state index contributed by atoms with van der Waals surface area (Å²) in [6.45, 7) is 3.63. The smallest absolute Gasteiger partial charge is 0.305 e. The van der Waals surface area contributed by atoms with Gasteiger partial charge < -0.3 is 19.9 Å². The summed E-state index contributed by atoms with van der Waals surface area (Å²) in [6, 6.07) is 0. The van der Waals surface area contributed by atoms with Crippen molar-refractivity contribution in [3.63, 3.8) is 0 Å². The number of carbonyl (C=O) groups excluding carboxylic acids is 1. The fraction of sp³-hybridized carbons (Fsp3) is 0.909. The molecule has 0 spiro atoms. The average Bonchev–Trinajstić information content (AvgIpc) is 2.75. The Kier molecular flexibility index (Phi) is 5.18. The van der Waals surface area contributed by atoms with Crippen molar-refractivity contribution in [2.24, 2.45) is 11.7 Å². The molecule has 1 fully saturated rings. The van der Waals surface area contributed by atoms with Gasteiger partial charge in [-0.1, -0.05) is 6.92 Å². The van der Waals surface area contributed by atoms with Crippen molar-refractivity contribution >= 4 is 5.97 Å². The monoisotopic (exact) mass is 231 g/mol. The van der Waals surface area contributed by atoms with Crippen LogP contribution in [0.3, 0.4) is 0 Å². The van der Waals surface area contributed by atoms with Crippen LogP contribution in [-0.2, 0) is 19.0 Å². The number of ether oxygens (including phenoxy) is 3. The highest BCUT2D eigenvalue weighted by atomic mass is 16.7. The van der Waals surface area contributed by atoms with Gasteiger partial charge in [-0.3, -0.25) is 4.79 Å². The zero-order chi connectivity index (χ0) is 12.0. The van der Waals surface area contributed by atoms with Crippen LogP contribution in [0, 0.1) is 5.92 Å². The molecule has 1 atom stereocenters. The maximum Gasteiger partial charge on any atom is 0.305 e. The second-order valence-corrected chi connectivity index (χ2v) is 3.93. The van der Waals surface area contributed by atoms with Crippen LogP contribution in [0.1, 0.15) is 26.2 Å². The van der Waals surface area contributed by atoms with Crippen LogP contribution in [0.4, 0.5) is 0 Å². The van der Waals surface area contributed by atoms with Crippen molar-refractivity contribution in [1.82, 2.24) is 0 Å². The number of methoxy groups -OCH3 is 1. The number of esters is 1. The Morgan fingerprint density at radius 3 is 2.56 bits per heavy atom. The van der Waals surface area contributed by atoms with Crippen molar-refractivity contribution in [2.75, 3.05) is 26.9 Å². The molecule has 5 heteroatoms. The SMILES string of the molecule is CCC(CC(=O)OC)C1(CCN)OCCO1. The predicted octanol–water partition coefficient (Wildman–Crippen LogP) is 0.668. The van der Waals surface area contributed by atoms with Gasteiger partial charge in [-0.2, -0.15) is 0 Å². The van der Waals surface area contributed by atoms with E-state index in [0.29, 0.717) is 32.6 Å². The number of carbonyl (C=O) groups is 1. The molecule has 0 aromatic carbocycles. The molecule has 1 aliphatic rings. The lowest BCUT2D eigenvalue weighted by Gasteiger charge is -2.34. The molecular weight excluding hydrogens is 210 g/mol. The third-order valence-electron chi connectivity index (χ3n) is 3.02. The van der Waals surface area contributed by atoms with Gasteiger partial charge in [0.25, 0.3) is 0 Å². The minimum atomic E-state index is -0.683. The average molecular weight is 231 g/mol. The molecule has 1 saturated heterocycles. The highest BCUT2D eigenvalue weighted by Crippen LogP contribution is 2.35. The van der Waals surface area contributed by atoms with Crippen LogP contribution in [0.5, 0.6) is 0 Å². The summed E-state index contributed by atoms with van der Waals surface area (Å²) in [6.07, 6.45) is 1.73. The molecule has 0 amide bonds. The fourth-order valence-electron chi connectivity index (χ4n) is 2.15. The Hall–Kier alpha value is -0.650. The van der Waals surface area contributed by atoms with Gasteiger partial charge in [0.1, 0.15) is 0 Å². The highest BCUT2D eigenvalue weighted by Gasteiger charge is 2.43. The molecular formula is C11H21NO4. The normalized spacial score (nSPS) is 20.7. The molecule has 1 aliphatic heterocycles. The molecule has 0 aromatic heterocycles. The number of hydrogen-bond acceptors (Lipinski definition) is 5. The first kappa shape index (κ1) is 13.4. The van der Waals surface area contributed by atoms with Gasteiger partial charge in [0.05, 0.1) is 26.7 Å². The number of hydrogen-bond donors (Lipinski definition) is 1. The molecule has 0 saturated carbocycles. The van der Waals surface area contributed by atoms with E-state index < -0.39 is 5.79 Å². The van der Waals surface area contributed by atoms with E-state index in [2.05, 4.69) is 4.74 Å². The van der Waals surface area contributed by atoms with Gasteiger partial charge in [-0.25, -0.2) is 0 Å². The molecule has 0 aliphatic carbocycles. The summed E-state index contributed by atoms with van der Waals surface area (Å²) in [4.78, 5) is 11.3. The summed E-state index contributed by atoms with van der Waals surface area (Å²) in [7, 11) is 1.39. The summed E-state index contributed by atoms with van der Waals surface area (Å²) in [5.74, 6) is -0.911. The third kappa shape index (κ3) is 2.93. The van der Waals surface area contributed by atoms with E-state index in [9.17, 15) is 4.79 Å². The van der Waals surface area contributed by atoms with Crippen molar-refractivity contribution in [1.29, 1.82) is 0 Å². The van der Waals surface area contributed by atoms with Crippen molar-refractivity contribution < 1.29 is 19.0 Å². The Morgan fingerprint density at radius 2 is 2.12 bits per heavy atom. The van der Waals surface area contributed by atoms with E-state index >= 15 is 0 Å². The molecule has 1 unspecified atom stereocenters. The second kappa shape index (κ2) is 6.18. The zero-order valence-electron chi connectivity index (χ0n) is 10.0. The molecule has 1 rings (SSSR count). The third-order valence-corrected chi connectivity index (χ3v) is 3.02. The molecule has 94 valence electrons. The molecule has 2 N–H and O–H groups in total. The first-order valence-electron chi connectivity index (χ1n) is 5.73. The fourth-order valence-corrected chi connectivity index (χ4v) is 2.15. The summed E-state index contributed by atoms with van der Waals surface area (Å²) >= 11 is 0. The molecule has 1 heterocycles.